The third-order valence-corrected chi connectivity index (χ3v) is 4.51. The molecule has 118 valence electrons. The molecule has 2 aromatic rings. The number of anilines is 1. The van der Waals surface area contributed by atoms with Gasteiger partial charge in [-0.15, -0.1) is 0 Å². The van der Waals surface area contributed by atoms with E-state index in [1.165, 1.54) is 5.39 Å². The Balaban J connectivity index is 2.28. The van der Waals surface area contributed by atoms with Crippen molar-refractivity contribution in [1.29, 1.82) is 5.41 Å². The van der Waals surface area contributed by atoms with E-state index in [1.54, 1.807) is 0 Å². The second-order valence-corrected chi connectivity index (χ2v) is 6.00. The molecule has 0 spiro atoms. The van der Waals surface area contributed by atoms with Crippen molar-refractivity contribution in [3.05, 3.63) is 72.1 Å². The van der Waals surface area contributed by atoms with Gasteiger partial charge in [0.05, 0.1) is 16.7 Å². The maximum absolute atomic E-state index is 8.03. The van der Waals surface area contributed by atoms with Gasteiger partial charge in [0, 0.05) is 23.2 Å². The van der Waals surface area contributed by atoms with Gasteiger partial charge in [-0.2, -0.15) is 0 Å². The zero-order valence-corrected chi connectivity index (χ0v) is 13.6. The number of fused-ring (bicyclic) bond motifs is 3. The lowest BCUT2D eigenvalue weighted by molar-refractivity contribution is 0.776. The molecule has 2 aliphatic rings. The summed E-state index contributed by atoms with van der Waals surface area (Å²) in [5.41, 5.74) is 11.4. The standard InChI is InChI=1S/C21H19N3/c1-2-24-20-13-16(23)9-11-18(20)17-10-8-15(22)12-19(17)21(24)14-6-4-3-5-7-14/h3-13,23H,2,22H2,1H3. The van der Waals surface area contributed by atoms with Crippen LogP contribution in [0, 0.1) is 5.41 Å². The van der Waals surface area contributed by atoms with Crippen molar-refractivity contribution in [2.24, 2.45) is 0 Å². The highest BCUT2D eigenvalue weighted by atomic mass is 15.0. The molecule has 3 heteroatoms. The van der Waals surface area contributed by atoms with Crippen LogP contribution in [-0.2, 0) is 6.54 Å². The number of nitrogens with zero attached hydrogens (tertiary/aromatic N) is 1. The lowest BCUT2D eigenvalue weighted by atomic mass is 9.95. The molecule has 4 rings (SSSR count). The molecule has 0 radical (unpaired) electrons. The van der Waals surface area contributed by atoms with Crippen molar-refractivity contribution >= 4 is 16.5 Å². The van der Waals surface area contributed by atoms with Crippen LogP contribution in [0.3, 0.4) is 0 Å². The van der Waals surface area contributed by atoms with E-state index in [1.807, 2.05) is 30.3 Å². The third kappa shape index (κ3) is 2.17. The first-order chi connectivity index (χ1) is 11.7. The number of aromatic nitrogens is 1. The third-order valence-electron chi connectivity index (χ3n) is 4.51. The van der Waals surface area contributed by atoms with E-state index < -0.39 is 0 Å². The minimum Gasteiger partial charge on any atom is -0.399 e. The molecule has 0 fully saturated rings. The Labute approximate surface area is 140 Å². The van der Waals surface area contributed by atoms with Crippen molar-refractivity contribution < 1.29 is 0 Å². The highest BCUT2D eigenvalue weighted by molar-refractivity contribution is 6.05. The fourth-order valence-electron chi connectivity index (χ4n) is 3.48. The first kappa shape index (κ1) is 14.5. The molecule has 0 aromatic heterocycles. The molecule has 0 atom stereocenters. The second kappa shape index (κ2) is 5.53. The van der Waals surface area contributed by atoms with E-state index in [-0.39, 0.29) is 0 Å². The molecule has 0 bridgehead atoms. The maximum atomic E-state index is 8.03. The van der Waals surface area contributed by atoms with Gasteiger partial charge in [-0.05, 0) is 42.1 Å². The Morgan fingerprint density at radius 2 is 1.71 bits per heavy atom. The number of nitrogens with one attached hydrogen (secondary N) is 1. The Kier molecular flexibility index (Phi) is 3.35. The topological polar surface area (TPSA) is 54.8 Å². The molecule has 2 aromatic carbocycles. The molecule has 3 nitrogen and oxygen atoms in total. The summed E-state index contributed by atoms with van der Waals surface area (Å²) >= 11 is 0. The van der Waals surface area contributed by atoms with Crippen molar-refractivity contribution in [1.82, 2.24) is 4.57 Å². The summed E-state index contributed by atoms with van der Waals surface area (Å²) in [5, 5.41) is 10.9. The lowest BCUT2D eigenvalue weighted by Crippen LogP contribution is -2.11. The van der Waals surface area contributed by atoms with E-state index in [2.05, 4.69) is 47.9 Å². The van der Waals surface area contributed by atoms with Gasteiger partial charge in [-0.1, -0.05) is 42.5 Å². The molecule has 0 unspecified atom stereocenters. The maximum Gasteiger partial charge on any atom is 0.0565 e. The van der Waals surface area contributed by atoms with Gasteiger partial charge in [0.25, 0.3) is 0 Å². The number of hydrogen-bond acceptors (Lipinski definition) is 2. The second-order valence-electron chi connectivity index (χ2n) is 6.00. The Bertz CT molecular complexity index is 1060. The summed E-state index contributed by atoms with van der Waals surface area (Å²) in [6, 6.07) is 22.3. The Morgan fingerprint density at radius 3 is 2.46 bits per heavy atom. The molecule has 1 aliphatic heterocycles. The number of rotatable bonds is 2. The highest BCUT2D eigenvalue weighted by Crippen LogP contribution is 2.38. The largest absolute Gasteiger partial charge is 0.399 e. The Morgan fingerprint density at radius 1 is 0.917 bits per heavy atom. The minimum atomic E-state index is 0.526. The van der Waals surface area contributed by atoms with Gasteiger partial charge < -0.3 is 15.7 Å². The van der Waals surface area contributed by atoms with Crippen LogP contribution >= 0.6 is 0 Å². The van der Waals surface area contributed by atoms with E-state index in [4.69, 9.17) is 11.1 Å². The van der Waals surface area contributed by atoms with Crippen LogP contribution < -0.4 is 11.1 Å². The van der Waals surface area contributed by atoms with Crippen LogP contribution in [0.25, 0.3) is 33.3 Å². The summed E-state index contributed by atoms with van der Waals surface area (Å²) in [5.74, 6) is 0. The van der Waals surface area contributed by atoms with E-state index in [0.717, 1.165) is 40.1 Å². The zero-order valence-electron chi connectivity index (χ0n) is 13.6. The fraction of sp³-hybridized carbons (Fsp3) is 0.0952. The Hall–Kier alpha value is -3.07. The van der Waals surface area contributed by atoms with Gasteiger partial charge in [-0.3, -0.25) is 0 Å². The molecule has 1 aliphatic carbocycles. The van der Waals surface area contributed by atoms with Crippen LogP contribution in [0.1, 0.15) is 6.92 Å². The SMILES string of the molecule is CCn1c2cc(=N)ccc-2c2ccc(N)cc2c1-c1ccccc1. The number of pyridine rings is 1. The van der Waals surface area contributed by atoms with Crippen LogP contribution in [0.15, 0.2) is 66.7 Å². The fourth-order valence-corrected chi connectivity index (χ4v) is 3.48. The predicted octanol–water partition coefficient (Wildman–Crippen LogP) is 4.49. The number of benzene rings is 3. The van der Waals surface area contributed by atoms with Crippen molar-refractivity contribution in [2.75, 3.05) is 5.73 Å². The summed E-state index contributed by atoms with van der Waals surface area (Å²) < 4.78 is 2.28. The molecular formula is C21H19N3. The number of nitrogen functional groups attached to an aromatic ring is 1. The smallest absolute Gasteiger partial charge is 0.0565 e. The number of nitrogens with two attached hydrogens (primary N) is 1. The lowest BCUT2D eigenvalue weighted by Gasteiger charge is -2.23. The quantitative estimate of drug-likeness (QED) is 0.415. The summed E-state index contributed by atoms with van der Waals surface area (Å²) in [4.78, 5) is 0. The molecule has 24 heavy (non-hydrogen) atoms. The summed E-state index contributed by atoms with van der Waals surface area (Å²) in [6.45, 7) is 2.97. The van der Waals surface area contributed by atoms with E-state index in [0.29, 0.717) is 5.36 Å². The first-order valence-electron chi connectivity index (χ1n) is 8.15. The molecular weight excluding hydrogens is 294 g/mol. The number of hydrogen-bond donors (Lipinski definition) is 2. The molecule has 0 saturated carbocycles. The van der Waals surface area contributed by atoms with Crippen LogP contribution in [0.2, 0.25) is 0 Å². The van der Waals surface area contributed by atoms with Crippen molar-refractivity contribution in [2.45, 2.75) is 13.5 Å². The summed E-state index contributed by atoms with van der Waals surface area (Å²) in [6.07, 6.45) is 0. The predicted molar refractivity (Wildman–Crippen MR) is 99.9 cm³/mol. The molecule has 0 saturated heterocycles. The van der Waals surface area contributed by atoms with Gasteiger partial charge >= 0.3 is 0 Å². The van der Waals surface area contributed by atoms with Crippen molar-refractivity contribution in [3.8, 4) is 22.5 Å². The van der Waals surface area contributed by atoms with Gasteiger partial charge in [-0.25, -0.2) is 0 Å². The van der Waals surface area contributed by atoms with E-state index >= 15 is 0 Å². The van der Waals surface area contributed by atoms with Crippen LogP contribution in [0.4, 0.5) is 5.69 Å². The molecule has 3 N–H and O–H groups in total. The van der Waals surface area contributed by atoms with E-state index in [9.17, 15) is 0 Å². The highest BCUT2D eigenvalue weighted by Gasteiger charge is 2.17. The average Bonchev–Trinajstić information content (AvgIpc) is 2.61. The van der Waals surface area contributed by atoms with Gasteiger partial charge in [0.15, 0.2) is 0 Å². The molecule has 1 heterocycles. The monoisotopic (exact) mass is 313 g/mol. The first-order valence-corrected chi connectivity index (χ1v) is 8.15. The van der Waals surface area contributed by atoms with Crippen LogP contribution in [0.5, 0.6) is 0 Å². The van der Waals surface area contributed by atoms with Crippen molar-refractivity contribution in [3.63, 3.8) is 0 Å². The van der Waals surface area contributed by atoms with Gasteiger partial charge in [0.1, 0.15) is 0 Å². The average molecular weight is 313 g/mol. The minimum absolute atomic E-state index is 0.526. The zero-order chi connectivity index (χ0) is 16.7. The molecule has 0 amide bonds. The van der Waals surface area contributed by atoms with Gasteiger partial charge in [0.2, 0.25) is 0 Å². The van der Waals surface area contributed by atoms with Crippen LogP contribution in [-0.4, -0.2) is 4.57 Å². The normalized spacial score (nSPS) is 11.2. The summed E-state index contributed by atoms with van der Waals surface area (Å²) in [7, 11) is 0.